The molecule has 0 aromatic heterocycles. The average molecular weight is 258 g/mol. The fourth-order valence-electron chi connectivity index (χ4n) is 3.04. The summed E-state index contributed by atoms with van der Waals surface area (Å²) in [7, 11) is 0. The molecule has 1 unspecified atom stereocenters. The minimum absolute atomic E-state index is 0.0528. The smallest absolute Gasteiger partial charge is 0.229 e. The molecule has 1 amide bonds. The average Bonchev–Trinajstić information content (AvgIpc) is 3.22. The third-order valence-electron chi connectivity index (χ3n) is 4.45. The molecule has 1 fully saturated rings. The lowest BCUT2D eigenvalue weighted by molar-refractivity contribution is -0.124. The first-order valence-corrected chi connectivity index (χ1v) is 7.18. The van der Waals surface area contributed by atoms with Gasteiger partial charge in [-0.2, -0.15) is 0 Å². The predicted octanol–water partition coefficient (Wildman–Crippen LogP) is 2.18. The van der Waals surface area contributed by atoms with E-state index in [2.05, 4.69) is 36.6 Å². The van der Waals surface area contributed by atoms with Crippen LogP contribution < -0.4 is 10.6 Å². The first-order valence-electron chi connectivity index (χ1n) is 7.18. The molecule has 102 valence electrons. The predicted molar refractivity (Wildman–Crippen MR) is 75.8 cm³/mol. The lowest BCUT2D eigenvalue weighted by Crippen LogP contribution is -2.49. The van der Waals surface area contributed by atoms with Gasteiger partial charge in [-0.1, -0.05) is 24.3 Å². The number of hydrogen-bond donors (Lipinski definition) is 2. The van der Waals surface area contributed by atoms with Crippen molar-refractivity contribution in [3.05, 3.63) is 35.4 Å². The summed E-state index contributed by atoms with van der Waals surface area (Å²) in [5, 5.41) is 6.59. The van der Waals surface area contributed by atoms with Crippen LogP contribution in [0.3, 0.4) is 0 Å². The van der Waals surface area contributed by atoms with Crippen molar-refractivity contribution in [2.24, 2.45) is 5.92 Å². The van der Waals surface area contributed by atoms with Gasteiger partial charge in [0, 0.05) is 18.6 Å². The molecule has 1 aromatic carbocycles. The molecule has 0 saturated heterocycles. The van der Waals surface area contributed by atoms with Gasteiger partial charge in [-0.3, -0.25) is 4.79 Å². The van der Waals surface area contributed by atoms with Crippen LogP contribution in [0.25, 0.3) is 0 Å². The van der Waals surface area contributed by atoms with E-state index in [1.807, 2.05) is 12.1 Å². The summed E-state index contributed by atoms with van der Waals surface area (Å²) in [6.07, 6.45) is 2.49. The molecule has 3 rings (SSSR count). The largest absolute Gasteiger partial charge is 0.350 e. The second kappa shape index (κ2) is 4.64. The number of rotatable bonds is 3. The van der Waals surface area contributed by atoms with Gasteiger partial charge in [0.15, 0.2) is 0 Å². The summed E-state index contributed by atoms with van der Waals surface area (Å²) in [4.78, 5) is 12.6. The Morgan fingerprint density at radius 1 is 1.32 bits per heavy atom. The molecule has 1 saturated carbocycles. The van der Waals surface area contributed by atoms with E-state index in [0.29, 0.717) is 5.92 Å². The molecule has 2 N–H and O–H groups in total. The Bertz CT molecular complexity index is 491. The van der Waals surface area contributed by atoms with Crippen LogP contribution in [0.1, 0.15) is 43.7 Å². The Labute approximate surface area is 114 Å². The van der Waals surface area contributed by atoms with E-state index in [0.717, 1.165) is 13.1 Å². The number of benzene rings is 1. The van der Waals surface area contributed by atoms with Crippen molar-refractivity contribution in [2.45, 2.75) is 44.7 Å². The number of fused-ring (bicyclic) bond motifs is 1. The van der Waals surface area contributed by atoms with Crippen LogP contribution in [-0.2, 0) is 11.3 Å². The molecule has 1 heterocycles. The maximum Gasteiger partial charge on any atom is 0.229 e. The summed E-state index contributed by atoms with van der Waals surface area (Å²) < 4.78 is 0. The minimum Gasteiger partial charge on any atom is -0.350 e. The quantitative estimate of drug-likeness (QED) is 0.872. The Balaban J connectivity index is 1.77. The zero-order chi connectivity index (χ0) is 13.5. The standard InChI is InChI=1S/C16H22N2O/c1-16(2,12-7-8-12)18-15(19)14-10-17-9-11-5-3-4-6-13(11)14/h3-6,12,14,17H,7-10H2,1-2H3,(H,18,19). The first-order chi connectivity index (χ1) is 9.08. The summed E-state index contributed by atoms with van der Waals surface area (Å²) in [6.45, 7) is 5.89. The van der Waals surface area contributed by atoms with Crippen LogP contribution in [0.5, 0.6) is 0 Å². The molecule has 3 nitrogen and oxygen atoms in total. The molecule has 19 heavy (non-hydrogen) atoms. The first kappa shape index (κ1) is 12.7. The zero-order valence-corrected chi connectivity index (χ0v) is 11.7. The van der Waals surface area contributed by atoms with Crippen LogP contribution in [0.4, 0.5) is 0 Å². The van der Waals surface area contributed by atoms with Gasteiger partial charge >= 0.3 is 0 Å². The Hall–Kier alpha value is -1.35. The van der Waals surface area contributed by atoms with Crippen molar-refractivity contribution >= 4 is 5.91 Å². The second-order valence-corrected chi connectivity index (χ2v) is 6.37. The molecule has 0 bridgehead atoms. The maximum atomic E-state index is 12.6. The summed E-state index contributed by atoms with van der Waals surface area (Å²) in [6, 6.07) is 8.25. The van der Waals surface area contributed by atoms with E-state index in [-0.39, 0.29) is 17.4 Å². The van der Waals surface area contributed by atoms with Crippen molar-refractivity contribution in [1.29, 1.82) is 0 Å². The van der Waals surface area contributed by atoms with Crippen molar-refractivity contribution in [3.8, 4) is 0 Å². The number of carbonyl (C=O) groups excluding carboxylic acids is 1. The van der Waals surface area contributed by atoms with E-state index in [1.54, 1.807) is 0 Å². The Kier molecular flexibility index (Phi) is 3.09. The number of carbonyl (C=O) groups is 1. The second-order valence-electron chi connectivity index (χ2n) is 6.37. The van der Waals surface area contributed by atoms with Gasteiger partial charge in [0.05, 0.1) is 5.92 Å². The normalized spacial score (nSPS) is 22.7. The van der Waals surface area contributed by atoms with E-state index in [4.69, 9.17) is 0 Å². The lowest BCUT2D eigenvalue weighted by atomic mass is 9.88. The SMILES string of the molecule is CC(C)(NC(=O)C1CNCc2ccccc21)C1CC1. The van der Waals surface area contributed by atoms with Gasteiger partial charge in [0.1, 0.15) is 0 Å². The van der Waals surface area contributed by atoms with Crippen LogP contribution in [0, 0.1) is 5.92 Å². The highest BCUT2D eigenvalue weighted by Crippen LogP contribution is 2.39. The van der Waals surface area contributed by atoms with Crippen molar-refractivity contribution in [1.82, 2.24) is 10.6 Å². The van der Waals surface area contributed by atoms with Crippen LogP contribution in [0.2, 0.25) is 0 Å². The van der Waals surface area contributed by atoms with Crippen LogP contribution >= 0.6 is 0 Å². The van der Waals surface area contributed by atoms with E-state index in [1.165, 1.54) is 24.0 Å². The molecule has 3 heteroatoms. The van der Waals surface area contributed by atoms with E-state index < -0.39 is 0 Å². The lowest BCUT2D eigenvalue weighted by Gasteiger charge is -2.31. The van der Waals surface area contributed by atoms with Crippen LogP contribution in [0.15, 0.2) is 24.3 Å². The van der Waals surface area contributed by atoms with E-state index in [9.17, 15) is 4.79 Å². The van der Waals surface area contributed by atoms with E-state index >= 15 is 0 Å². The molecular formula is C16H22N2O. The topological polar surface area (TPSA) is 41.1 Å². The zero-order valence-electron chi connectivity index (χ0n) is 11.7. The molecule has 0 radical (unpaired) electrons. The fraction of sp³-hybridized carbons (Fsp3) is 0.562. The Morgan fingerprint density at radius 3 is 2.79 bits per heavy atom. The highest BCUT2D eigenvalue weighted by molar-refractivity contribution is 5.85. The molecule has 1 aliphatic carbocycles. The van der Waals surface area contributed by atoms with Crippen molar-refractivity contribution < 1.29 is 4.79 Å². The summed E-state index contributed by atoms with van der Waals surface area (Å²) in [5.41, 5.74) is 2.37. The molecule has 1 aliphatic heterocycles. The Morgan fingerprint density at radius 2 is 2.05 bits per heavy atom. The van der Waals surface area contributed by atoms with Crippen molar-refractivity contribution in [3.63, 3.8) is 0 Å². The van der Waals surface area contributed by atoms with Gasteiger partial charge in [0.25, 0.3) is 0 Å². The highest BCUT2D eigenvalue weighted by atomic mass is 16.2. The summed E-state index contributed by atoms with van der Waals surface area (Å²) in [5.74, 6) is 0.766. The molecule has 1 aromatic rings. The monoisotopic (exact) mass is 258 g/mol. The van der Waals surface area contributed by atoms with Gasteiger partial charge in [-0.05, 0) is 43.7 Å². The minimum atomic E-state index is -0.0660. The molecular weight excluding hydrogens is 236 g/mol. The number of hydrogen-bond acceptors (Lipinski definition) is 2. The van der Waals surface area contributed by atoms with Crippen LogP contribution in [-0.4, -0.2) is 18.0 Å². The highest BCUT2D eigenvalue weighted by Gasteiger charge is 2.40. The fourth-order valence-corrected chi connectivity index (χ4v) is 3.04. The number of nitrogens with one attached hydrogen (secondary N) is 2. The van der Waals surface area contributed by atoms with Gasteiger partial charge in [-0.15, -0.1) is 0 Å². The molecule has 2 aliphatic rings. The third kappa shape index (κ3) is 2.52. The summed E-state index contributed by atoms with van der Waals surface area (Å²) >= 11 is 0. The third-order valence-corrected chi connectivity index (χ3v) is 4.45. The molecule has 1 atom stereocenters. The van der Waals surface area contributed by atoms with Gasteiger partial charge < -0.3 is 10.6 Å². The maximum absolute atomic E-state index is 12.6. The van der Waals surface area contributed by atoms with Gasteiger partial charge in [-0.25, -0.2) is 0 Å². The van der Waals surface area contributed by atoms with Gasteiger partial charge in [0.2, 0.25) is 5.91 Å². The number of amides is 1. The van der Waals surface area contributed by atoms with Crippen molar-refractivity contribution in [2.75, 3.05) is 6.54 Å². The molecule has 0 spiro atoms.